The third kappa shape index (κ3) is 2.33. The Hall–Kier alpha value is -1.39. The van der Waals surface area contributed by atoms with Crippen LogP contribution in [-0.2, 0) is 0 Å². The second-order valence-corrected chi connectivity index (χ2v) is 5.30. The maximum absolute atomic E-state index is 13.1. The van der Waals surface area contributed by atoms with Crippen LogP contribution in [0.15, 0.2) is 28.7 Å². The Balaban J connectivity index is 2.48. The fourth-order valence-corrected chi connectivity index (χ4v) is 1.94. The smallest absolute Gasteiger partial charge is 0.134 e. The van der Waals surface area contributed by atoms with Crippen LogP contribution in [0.3, 0.4) is 0 Å². The number of halogens is 1. The van der Waals surface area contributed by atoms with Crippen molar-refractivity contribution >= 4 is 11.0 Å². The van der Waals surface area contributed by atoms with E-state index in [0.29, 0.717) is 5.58 Å². The number of hydrogen-bond donors (Lipinski definition) is 2. The van der Waals surface area contributed by atoms with Crippen LogP contribution < -0.4 is 11.3 Å². The molecule has 0 saturated carbocycles. The molecule has 0 spiro atoms. The molecule has 0 aliphatic heterocycles. The molecule has 0 aliphatic carbocycles. The Morgan fingerprint density at radius 3 is 2.59 bits per heavy atom. The van der Waals surface area contributed by atoms with Gasteiger partial charge in [-0.1, -0.05) is 20.8 Å². The van der Waals surface area contributed by atoms with E-state index in [-0.39, 0.29) is 17.3 Å². The highest BCUT2D eigenvalue weighted by atomic mass is 19.1. The average molecular weight is 236 g/mol. The average Bonchev–Trinajstić information content (AvgIpc) is 2.58. The molecule has 1 heterocycles. The van der Waals surface area contributed by atoms with Crippen molar-refractivity contribution in [2.45, 2.75) is 26.8 Å². The molecule has 17 heavy (non-hydrogen) atoms. The van der Waals surface area contributed by atoms with E-state index in [1.54, 1.807) is 6.07 Å². The van der Waals surface area contributed by atoms with Crippen molar-refractivity contribution in [3.05, 3.63) is 35.8 Å². The molecule has 92 valence electrons. The Labute approximate surface area is 99.8 Å². The first-order valence-corrected chi connectivity index (χ1v) is 5.57. The van der Waals surface area contributed by atoms with E-state index >= 15 is 0 Å². The fraction of sp³-hybridized carbons (Fsp3) is 0.385. The summed E-state index contributed by atoms with van der Waals surface area (Å²) in [5.41, 5.74) is 3.34. The summed E-state index contributed by atoms with van der Waals surface area (Å²) in [5, 5.41) is 0.754. The normalized spacial score (nSPS) is 14.2. The molecule has 3 nitrogen and oxygen atoms in total. The summed E-state index contributed by atoms with van der Waals surface area (Å²) in [4.78, 5) is 0. The topological polar surface area (TPSA) is 51.2 Å². The maximum Gasteiger partial charge on any atom is 0.134 e. The summed E-state index contributed by atoms with van der Waals surface area (Å²) in [7, 11) is 0. The van der Waals surface area contributed by atoms with E-state index < -0.39 is 0 Å². The van der Waals surface area contributed by atoms with Crippen LogP contribution in [0, 0.1) is 11.2 Å². The molecule has 0 fully saturated rings. The van der Waals surface area contributed by atoms with Crippen molar-refractivity contribution < 1.29 is 8.81 Å². The van der Waals surface area contributed by atoms with Gasteiger partial charge in [-0.05, 0) is 29.7 Å². The fourth-order valence-electron chi connectivity index (χ4n) is 1.94. The molecule has 0 amide bonds. The highest BCUT2D eigenvalue weighted by molar-refractivity contribution is 5.78. The first-order valence-electron chi connectivity index (χ1n) is 5.57. The van der Waals surface area contributed by atoms with Crippen molar-refractivity contribution in [3.63, 3.8) is 0 Å². The minimum absolute atomic E-state index is 0.0822. The van der Waals surface area contributed by atoms with Gasteiger partial charge in [-0.15, -0.1) is 0 Å². The Kier molecular flexibility index (Phi) is 2.93. The summed E-state index contributed by atoms with van der Waals surface area (Å²) in [6.45, 7) is 6.18. The second kappa shape index (κ2) is 4.13. The van der Waals surface area contributed by atoms with Gasteiger partial charge in [0.05, 0.1) is 6.04 Å². The van der Waals surface area contributed by atoms with Crippen molar-refractivity contribution in [2.24, 2.45) is 11.3 Å². The molecule has 4 heteroatoms. The third-order valence-electron chi connectivity index (χ3n) is 2.81. The largest absolute Gasteiger partial charge is 0.459 e. The zero-order valence-electron chi connectivity index (χ0n) is 10.3. The minimum Gasteiger partial charge on any atom is -0.459 e. The molecule has 1 unspecified atom stereocenters. The summed E-state index contributed by atoms with van der Waals surface area (Å²) in [6.07, 6.45) is 0. The first-order chi connectivity index (χ1) is 7.91. The molecule has 1 aromatic carbocycles. The predicted molar refractivity (Wildman–Crippen MR) is 65.7 cm³/mol. The van der Waals surface area contributed by atoms with Crippen LogP contribution in [0.1, 0.15) is 32.6 Å². The minimum atomic E-state index is -0.266. The molecule has 0 bridgehead atoms. The Morgan fingerprint density at radius 2 is 2.00 bits per heavy atom. The molecule has 0 radical (unpaired) electrons. The van der Waals surface area contributed by atoms with Crippen molar-refractivity contribution in [1.82, 2.24) is 5.43 Å². The van der Waals surface area contributed by atoms with Crippen LogP contribution >= 0.6 is 0 Å². The molecular weight excluding hydrogens is 219 g/mol. The van der Waals surface area contributed by atoms with Crippen molar-refractivity contribution in [3.8, 4) is 0 Å². The molecule has 1 atom stereocenters. The van der Waals surface area contributed by atoms with Crippen LogP contribution in [0.2, 0.25) is 0 Å². The number of benzene rings is 1. The van der Waals surface area contributed by atoms with Crippen LogP contribution in [-0.4, -0.2) is 0 Å². The van der Waals surface area contributed by atoms with Gasteiger partial charge in [0.15, 0.2) is 0 Å². The van der Waals surface area contributed by atoms with Gasteiger partial charge in [0, 0.05) is 5.39 Å². The van der Waals surface area contributed by atoms with E-state index in [0.717, 1.165) is 11.1 Å². The standard InChI is InChI=1S/C13H17FN2O/c1-13(2,3)12(16-15)11-7-8-6-9(14)4-5-10(8)17-11/h4-7,12,16H,15H2,1-3H3. The molecule has 2 rings (SSSR count). The number of fused-ring (bicyclic) bond motifs is 1. The number of nitrogens with two attached hydrogens (primary N) is 1. The number of furan rings is 1. The third-order valence-corrected chi connectivity index (χ3v) is 2.81. The summed E-state index contributed by atoms with van der Waals surface area (Å²) < 4.78 is 18.8. The zero-order chi connectivity index (χ0) is 12.6. The lowest BCUT2D eigenvalue weighted by Crippen LogP contribution is -2.36. The van der Waals surface area contributed by atoms with Gasteiger partial charge in [0.1, 0.15) is 17.2 Å². The predicted octanol–water partition coefficient (Wildman–Crippen LogP) is 3.12. The molecule has 1 aromatic heterocycles. The zero-order valence-corrected chi connectivity index (χ0v) is 10.3. The number of rotatable bonds is 2. The Bertz CT molecular complexity index is 528. The molecule has 3 N–H and O–H groups in total. The number of hydrazine groups is 1. The van der Waals surface area contributed by atoms with E-state index in [4.69, 9.17) is 10.3 Å². The van der Waals surface area contributed by atoms with E-state index in [1.165, 1.54) is 12.1 Å². The summed E-state index contributed by atoms with van der Waals surface area (Å²) >= 11 is 0. The lowest BCUT2D eigenvalue weighted by Gasteiger charge is -2.27. The van der Waals surface area contributed by atoms with Crippen molar-refractivity contribution in [1.29, 1.82) is 0 Å². The Morgan fingerprint density at radius 1 is 1.29 bits per heavy atom. The lowest BCUT2D eigenvalue weighted by atomic mass is 9.85. The van der Waals surface area contributed by atoms with E-state index in [9.17, 15) is 4.39 Å². The highest BCUT2D eigenvalue weighted by Gasteiger charge is 2.28. The molecule has 0 saturated heterocycles. The quantitative estimate of drug-likeness (QED) is 0.622. The number of hydrogen-bond acceptors (Lipinski definition) is 3. The van der Waals surface area contributed by atoms with Crippen molar-refractivity contribution in [2.75, 3.05) is 0 Å². The van der Waals surface area contributed by atoms with Crippen LogP contribution in [0.4, 0.5) is 4.39 Å². The lowest BCUT2D eigenvalue weighted by molar-refractivity contribution is 0.243. The van der Waals surface area contributed by atoms with Crippen LogP contribution in [0.25, 0.3) is 11.0 Å². The summed E-state index contributed by atoms with van der Waals surface area (Å²) in [6, 6.07) is 6.19. The SMILES string of the molecule is CC(C)(C)C(NN)c1cc2cc(F)ccc2o1. The van der Waals surface area contributed by atoms with Gasteiger partial charge in [-0.25, -0.2) is 9.82 Å². The van der Waals surface area contributed by atoms with Gasteiger partial charge >= 0.3 is 0 Å². The van der Waals surface area contributed by atoms with E-state index in [1.807, 2.05) is 6.07 Å². The van der Waals surface area contributed by atoms with Gasteiger partial charge in [0.25, 0.3) is 0 Å². The molecule has 0 aliphatic rings. The highest BCUT2D eigenvalue weighted by Crippen LogP contribution is 2.35. The monoisotopic (exact) mass is 236 g/mol. The summed E-state index contributed by atoms with van der Waals surface area (Å²) in [5.74, 6) is 6.02. The van der Waals surface area contributed by atoms with Gasteiger partial charge in [-0.3, -0.25) is 5.84 Å². The maximum atomic E-state index is 13.1. The van der Waals surface area contributed by atoms with Gasteiger partial charge < -0.3 is 4.42 Å². The first kappa shape index (κ1) is 12.1. The van der Waals surface area contributed by atoms with Gasteiger partial charge in [0.2, 0.25) is 0 Å². The van der Waals surface area contributed by atoms with Crippen LogP contribution in [0.5, 0.6) is 0 Å². The van der Waals surface area contributed by atoms with Gasteiger partial charge in [-0.2, -0.15) is 0 Å². The van der Waals surface area contributed by atoms with E-state index in [2.05, 4.69) is 26.2 Å². The second-order valence-electron chi connectivity index (χ2n) is 5.30. The molecule has 2 aromatic rings. The molecular formula is C13H17FN2O. The number of nitrogens with one attached hydrogen (secondary N) is 1.